The van der Waals surface area contributed by atoms with Gasteiger partial charge in [0.15, 0.2) is 0 Å². The maximum atomic E-state index is 11.5. The van der Waals surface area contributed by atoms with Crippen LogP contribution in [0, 0.1) is 0 Å². The largest absolute Gasteiger partial charge is 0.480 e. The lowest BCUT2D eigenvalue weighted by Gasteiger charge is -2.38. The van der Waals surface area contributed by atoms with Gasteiger partial charge in [0.1, 0.15) is 5.54 Å². The van der Waals surface area contributed by atoms with Crippen LogP contribution in [0.4, 0.5) is 4.79 Å². The van der Waals surface area contributed by atoms with Gasteiger partial charge in [0.25, 0.3) is 0 Å². The van der Waals surface area contributed by atoms with E-state index in [9.17, 15) is 9.59 Å². The summed E-state index contributed by atoms with van der Waals surface area (Å²) in [5, 5.41) is 14.2. The number of aliphatic carboxylic acids is 1. The third-order valence-electron chi connectivity index (χ3n) is 3.14. The van der Waals surface area contributed by atoms with E-state index >= 15 is 0 Å². The summed E-state index contributed by atoms with van der Waals surface area (Å²) in [4.78, 5) is 22.5. The van der Waals surface area contributed by atoms with Gasteiger partial charge >= 0.3 is 12.0 Å². The van der Waals surface area contributed by atoms with Crippen LogP contribution in [0.1, 0.15) is 39.0 Å². The Morgan fingerprint density at radius 2 is 2.06 bits per heavy atom. The lowest BCUT2D eigenvalue weighted by Crippen LogP contribution is -2.61. The quantitative estimate of drug-likeness (QED) is 0.569. The molecule has 3 N–H and O–H groups in total. The van der Waals surface area contributed by atoms with Crippen LogP contribution in [0.15, 0.2) is 0 Å². The van der Waals surface area contributed by atoms with Crippen molar-refractivity contribution in [1.82, 2.24) is 10.6 Å². The third kappa shape index (κ3) is 4.18. The molecule has 0 aliphatic heterocycles. The summed E-state index contributed by atoms with van der Waals surface area (Å²) in [7, 11) is 0. The van der Waals surface area contributed by atoms with Crippen molar-refractivity contribution < 1.29 is 19.4 Å². The summed E-state index contributed by atoms with van der Waals surface area (Å²) < 4.78 is 5.28. The van der Waals surface area contributed by atoms with Gasteiger partial charge in [-0.2, -0.15) is 0 Å². The number of carboxylic acid groups (broad SMARTS) is 1. The molecule has 0 saturated heterocycles. The second-order valence-electron chi connectivity index (χ2n) is 4.59. The molecule has 0 radical (unpaired) electrons. The first-order valence-electron chi connectivity index (χ1n) is 6.48. The highest BCUT2D eigenvalue weighted by molar-refractivity contribution is 5.87. The first-order chi connectivity index (χ1) is 8.60. The molecular weight excluding hydrogens is 236 g/mol. The molecule has 0 aromatic carbocycles. The van der Waals surface area contributed by atoms with E-state index in [1.165, 1.54) is 0 Å². The van der Waals surface area contributed by atoms with Crippen molar-refractivity contribution in [2.24, 2.45) is 0 Å². The normalized spacial score (nSPS) is 16.7. The molecule has 0 spiro atoms. The summed E-state index contributed by atoms with van der Waals surface area (Å²) in [5.41, 5.74) is -1.05. The molecule has 18 heavy (non-hydrogen) atoms. The minimum absolute atomic E-state index is 0.394. The highest BCUT2D eigenvalue weighted by Crippen LogP contribution is 2.31. The summed E-state index contributed by atoms with van der Waals surface area (Å²) in [6, 6.07) is -0.434. The lowest BCUT2D eigenvalue weighted by atomic mass is 9.77. The van der Waals surface area contributed by atoms with Crippen LogP contribution in [0.2, 0.25) is 0 Å². The molecule has 6 heteroatoms. The molecule has 104 valence electrons. The number of hydrogen-bond donors (Lipinski definition) is 3. The average molecular weight is 258 g/mol. The van der Waals surface area contributed by atoms with Crippen LogP contribution in [-0.4, -0.2) is 42.4 Å². The Balaban J connectivity index is 2.12. The molecular formula is C12H22N2O4. The zero-order valence-electron chi connectivity index (χ0n) is 10.8. The van der Waals surface area contributed by atoms with Crippen molar-refractivity contribution in [2.75, 3.05) is 19.8 Å². The van der Waals surface area contributed by atoms with E-state index in [0.29, 0.717) is 32.6 Å². The minimum atomic E-state index is -1.05. The number of unbranched alkanes of at least 4 members (excludes halogenated alkanes) is 1. The number of hydrogen-bond acceptors (Lipinski definition) is 3. The fourth-order valence-electron chi connectivity index (χ4n) is 1.77. The Bertz CT molecular complexity index is 290. The van der Waals surface area contributed by atoms with Crippen LogP contribution in [-0.2, 0) is 9.53 Å². The van der Waals surface area contributed by atoms with Gasteiger partial charge < -0.3 is 20.5 Å². The van der Waals surface area contributed by atoms with Crippen LogP contribution < -0.4 is 10.6 Å². The Kier molecular flexibility index (Phi) is 5.91. The van der Waals surface area contributed by atoms with Gasteiger partial charge in [-0.1, -0.05) is 13.3 Å². The zero-order valence-corrected chi connectivity index (χ0v) is 10.8. The summed E-state index contributed by atoms with van der Waals surface area (Å²) >= 11 is 0. The topological polar surface area (TPSA) is 87.7 Å². The van der Waals surface area contributed by atoms with E-state index in [1.807, 2.05) is 0 Å². The summed E-state index contributed by atoms with van der Waals surface area (Å²) in [6.07, 6.45) is 3.93. The molecule has 1 fully saturated rings. The maximum absolute atomic E-state index is 11.5. The number of carbonyl (C=O) groups is 2. The molecule has 1 aliphatic rings. The lowest BCUT2D eigenvalue weighted by molar-refractivity contribution is -0.148. The number of rotatable bonds is 8. The standard InChI is InChI=1S/C12H22N2O4/c1-2-3-8-18-9-7-13-11(17)14-12(10(15)16)5-4-6-12/h2-9H2,1H3,(H,15,16)(H2,13,14,17). The van der Waals surface area contributed by atoms with Gasteiger partial charge in [-0.3, -0.25) is 0 Å². The Hall–Kier alpha value is -1.30. The molecule has 0 aromatic heterocycles. The highest BCUT2D eigenvalue weighted by Gasteiger charge is 2.45. The highest BCUT2D eigenvalue weighted by atomic mass is 16.5. The number of carboxylic acids is 1. The summed E-state index contributed by atoms with van der Waals surface area (Å²) in [6.45, 7) is 3.62. The molecule has 0 unspecified atom stereocenters. The van der Waals surface area contributed by atoms with Gasteiger partial charge in [-0.15, -0.1) is 0 Å². The fourth-order valence-corrected chi connectivity index (χ4v) is 1.77. The average Bonchev–Trinajstić information content (AvgIpc) is 2.28. The molecule has 1 saturated carbocycles. The Morgan fingerprint density at radius 1 is 1.33 bits per heavy atom. The fraction of sp³-hybridized carbons (Fsp3) is 0.833. The molecule has 2 amide bonds. The van der Waals surface area contributed by atoms with E-state index < -0.39 is 17.5 Å². The van der Waals surface area contributed by atoms with Crippen molar-refractivity contribution in [3.8, 4) is 0 Å². The van der Waals surface area contributed by atoms with Crippen LogP contribution in [0.3, 0.4) is 0 Å². The Morgan fingerprint density at radius 3 is 2.56 bits per heavy atom. The summed E-state index contributed by atoms with van der Waals surface area (Å²) in [5.74, 6) is -0.955. The van der Waals surface area contributed by atoms with Gasteiger partial charge in [-0.05, 0) is 25.7 Å². The minimum Gasteiger partial charge on any atom is -0.480 e. The van der Waals surface area contributed by atoms with Gasteiger partial charge in [-0.25, -0.2) is 9.59 Å². The van der Waals surface area contributed by atoms with Gasteiger partial charge in [0.2, 0.25) is 0 Å². The monoisotopic (exact) mass is 258 g/mol. The molecule has 0 atom stereocenters. The van der Waals surface area contributed by atoms with Crippen LogP contribution in [0.25, 0.3) is 0 Å². The first-order valence-corrected chi connectivity index (χ1v) is 6.48. The van der Waals surface area contributed by atoms with Crippen LogP contribution >= 0.6 is 0 Å². The number of carbonyl (C=O) groups excluding carboxylic acids is 1. The van der Waals surface area contributed by atoms with Crippen molar-refractivity contribution in [3.63, 3.8) is 0 Å². The SMILES string of the molecule is CCCCOCCNC(=O)NC1(C(=O)O)CCC1. The van der Waals surface area contributed by atoms with Crippen molar-refractivity contribution in [1.29, 1.82) is 0 Å². The molecule has 0 bridgehead atoms. The number of nitrogens with one attached hydrogen (secondary N) is 2. The van der Waals surface area contributed by atoms with E-state index in [-0.39, 0.29) is 0 Å². The molecule has 6 nitrogen and oxygen atoms in total. The first kappa shape index (κ1) is 14.8. The van der Waals surface area contributed by atoms with Crippen molar-refractivity contribution in [3.05, 3.63) is 0 Å². The molecule has 1 rings (SSSR count). The zero-order chi connectivity index (χ0) is 13.4. The van der Waals surface area contributed by atoms with Crippen LogP contribution in [0.5, 0.6) is 0 Å². The second kappa shape index (κ2) is 7.20. The van der Waals surface area contributed by atoms with E-state index in [0.717, 1.165) is 19.3 Å². The smallest absolute Gasteiger partial charge is 0.329 e. The van der Waals surface area contributed by atoms with Gasteiger partial charge in [0, 0.05) is 13.2 Å². The third-order valence-corrected chi connectivity index (χ3v) is 3.14. The van der Waals surface area contributed by atoms with E-state index in [2.05, 4.69) is 17.6 Å². The van der Waals surface area contributed by atoms with E-state index in [1.54, 1.807) is 0 Å². The number of urea groups is 1. The predicted molar refractivity (Wildman–Crippen MR) is 66.5 cm³/mol. The van der Waals surface area contributed by atoms with Gasteiger partial charge in [0.05, 0.1) is 6.61 Å². The van der Waals surface area contributed by atoms with E-state index in [4.69, 9.17) is 9.84 Å². The van der Waals surface area contributed by atoms with Crippen molar-refractivity contribution >= 4 is 12.0 Å². The molecule has 0 aromatic rings. The maximum Gasteiger partial charge on any atom is 0.329 e. The Labute approximate surface area is 107 Å². The second-order valence-corrected chi connectivity index (χ2v) is 4.59. The number of ether oxygens (including phenoxy) is 1. The number of amides is 2. The molecule has 1 aliphatic carbocycles. The molecule has 0 heterocycles. The predicted octanol–water partition coefficient (Wildman–Crippen LogP) is 1.11. The van der Waals surface area contributed by atoms with Crippen molar-refractivity contribution in [2.45, 2.75) is 44.6 Å².